The first kappa shape index (κ1) is 29.0. The number of nitrogens with zero attached hydrogens (tertiary/aromatic N) is 1. The summed E-state index contributed by atoms with van der Waals surface area (Å²) in [5.74, 6) is 3.14. The van der Waals surface area contributed by atoms with Crippen molar-refractivity contribution in [3.63, 3.8) is 0 Å². The monoisotopic (exact) mass is 489 g/mol. The normalized spacial score (nSPS) is 22.8. The van der Waals surface area contributed by atoms with E-state index in [2.05, 4.69) is 110 Å². The Morgan fingerprint density at radius 2 is 1.67 bits per heavy atom. The fourth-order valence-corrected chi connectivity index (χ4v) is 7.40. The van der Waals surface area contributed by atoms with E-state index in [9.17, 15) is 0 Å². The van der Waals surface area contributed by atoms with Crippen LogP contribution in [0.5, 0.6) is 0 Å². The fraction of sp³-hybridized carbons (Fsp3) is 0.657. The minimum absolute atomic E-state index is 0.455. The molecule has 0 heterocycles. The van der Waals surface area contributed by atoms with Gasteiger partial charge in [-0.2, -0.15) is 0 Å². The average Bonchev–Trinajstić information content (AvgIpc) is 2.84. The SMILES string of the molecule is CCCC(C1CC(CC)C(CCC)C(C)(C)C1)N(C)Cc1ccc(-c2cc(C(C)C)ccc2C)cc1. The molecular weight excluding hydrogens is 434 g/mol. The molecule has 0 radical (unpaired) electrons. The molecule has 0 saturated heterocycles. The van der Waals surface area contributed by atoms with Gasteiger partial charge >= 0.3 is 0 Å². The lowest BCUT2D eigenvalue weighted by molar-refractivity contribution is -0.00803. The van der Waals surface area contributed by atoms with E-state index in [-0.39, 0.29) is 0 Å². The van der Waals surface area contributed by atoms with Crippen LogP contribution in [0, 0.1) is 30.1 Å². The maximum absolute atomic E-state index is 2.69. The van der Waals surface area contributed by atoms with Crippen LogP contribution in [0.1, 0.15) is 116 Å². The molecule has 1 heteroatoms. The molecule has 1 nitrogen and oxygen atoms in total. The van der Waals surface area contributed by atoms with Crippen LogP contribution in [0.4, 0.5) is 0 Å². The lowest BCUT2D eigenvalue weighted by atomic mass is 9.57. The summed E-state index contributed by atoms with van der Waals surface area (Å²) in [7, 11) is 2.39. The minimum Gasteiger partial charge on any atom is -0.299 e. The third-order valence-corrected chi connectivity index (χ3v) is 9.41. The van der Waals surface area contributed by atoms with Gasteiger partial charge in [-0.15, -0.1) is 0 Å². The molecule has 200 valence electrons. The smallest absolute Gasteiger partial charge is 0.0233 e. The summed E-state index contributed by atoms with van der Waals surface area (Å²) in [6.45, 7) is 20.1. The van der Waals surface area contributed by atoms with E-state index in [0.717, 1.165) is 24.3 Å². The fourth-order valence-electron chi connectivity index (χ4n) is 7.40. The lowest BCUT2D eigenvalue weighted by Crippen LogP contribution is -2.46. The molecular formula is C35H55N. The molecule has 4 unspecified atom stereocenters. The summed E-state index contributed by atoms with van der Waals surface area (Å²) in [6, 6.07) is 17.0. The predicted molar refractivity (Wildman–Crippen MR) is 160 cm³/mol. The first-order valence-electron chi connectivity index (χ1n) is 15.0. The van der Waals surface area contributed by atoms with Crippen molar-refractivity contribution in [1.29, 1.82) is 0 Å². The zero-order valence-corrected chi connectivity index (χ0v) is 25.0. The van der Waals surface area contributed by atoms with Crippen molar-refractivity contribution >= 4 is 0 Å². The van der Waals surface area contributed by atoms with E-state index >= 15 is 0 Å². The van der Waals surface area contributed by atoms with Crippen LogP contribution in [-0.2, 0) is 6.54 Å². The van der Waals surface area contributed by atoms with E-state index in [4.69, 9.17) is 0 Å². The van der Waals surface area contributed by atoms with Gasteiger partial charge < -0.3 is 0 Å². The molecule has 3 rings (SSSR count). The second-order valence-electron chi connectivity index (χ2n) is 12.9. The van der Waals surface area contributed by atoms with Gasteiger partial charge in [0.1, 0.15) is 0 Å². The molecule has 4 atom stereocenters. The van der Waals surface area contributed by atoms with Gasteiger partial charge in [0.2, 0.25) is 0 Å². The molecule has 0 aromatic heterocycles. The van der Waals surface area contributed by atoms with E-state index < -0.39 is 0 Å². The standard InChI is InChI=1S/C35H55N/c1-10-13-33-28(12-3)21-31(23-35(33,7)8)34(14-11-2)36(9)24-27-16-19-29(20-17-27)32-22-30(25(4)5)18-15-26(32)6/h15-20,22,25,28,31,33-34H,10-14,21,23-24H2,1-9H3. The van der Waals surface area contributed by atoms with E-state index in [1.54, 1.807) is 0 Å². The van der Waals surface area contributed by atoms with Crippen molar-refractivity contribution in [3.05, 3.63) is 59.2 Å². The molecule has 0 amide bonds. The van der Waals surface area contributed by atoms with Crippen LogP contribution >= 0.6 is 0 Å². The Bertz CT molecular complexity index is 938. The van der Waals surface area contributed by atoms with Crippen LogP contribution in [0.15, 0.2) is 42.5 Å². The molecule has 0 spiro atoms. The lowest BCUT2D eigenvalue weighted by Gasteiger charge is -2.51. The Morgan fingerprint density at radius 1 is 0.972 bits per heavy atom. The Morgan fingerprint density at radius 3 is 2.25 bits per heavy atom. The van der Waals surface area contributed by atoms with E-state index in [1.807, 2.05) is 0 Å². The molecule has 1 aliphatic rings. The highest BCUT2D eigenvalue weighted by molar-refractivity contribution is 5.68. The maximum Gasteiger partial charge on any atom is 0.0233 e. The third kappa shape index (κ3) is 6.83. The molecule has 0 aliphatic heterocycles. The van der Waals surface area contributed by atoms with Crippen LogP contribution < -0.4 is 0 Å². The Balaban J connectivity index is 1.76. The molecule has 0 N–H and O–H groups in total. The van der Waals surface area contributed by atoms with Gasteiger partial charge in [0.25, 0.3) is 0 Å². The van der Waals surface area contributed by atoms with Gasteiger partial charge in [0.05, 0.1) is 0 Å². The first-order valence-corrected chi connectivity index (χ1v) is 15.0. The summed E-state index contributed by atoms with van der Waals surface area (Å²) in [5, 5.41) is 0. The molecule has 2 aromatic carbocycles. The summed E-state index contributed by atoms with van der Waals surface area (Å²) < 4.78 is 0. The molecule has 36 heavy (non-hydrogen) atoms. The molecule has 1 saturated carbocycles. The van der Waals surface area contributed by atoms with Crippen LogP contribution in [0.2, 0.25) is 0 Å². The van der Waals surface area contributed by atoms with Crippen molar-refractivity contribution in [2.75, 3.05) is 7.05 Å². The maximum atomic E-state index is 2.69. The van der Waals surface area contributed by atoms with Crippen molar-refractivity contribution < 1.29 is 0 Å². The van der Waals surface area contributed by atoms with Gasteiger partial charge in [-0.05, 0) is 96.6 Å². The zero-order chi connectivity index (χ0) is 26.5. The Kier molecular flexibility index (Phi) is 10.3. The predicted octanol–water partition coefficient (Wildman–Crippen LogP) is 10.3. The number of rotatable bonds is 11. The Hall–Kier alpha value is -1.60. The zero-order valence-electron chi connectivity index (χ0n) is 25.0. The van der Waals surface area contributed by atoms with Gasteiger partial charge in [-0.3, -0.25) is 4.90 Å². The average molecular weight is 490 g/mol. The van der Waals surface area contributed by atoms with Crippen LogP contribution in [0.3, 0.4) is 0 Å². The van der Waals surface area contributed by atoms with Crippen LogP contribution in [0.25, 0.3) is 11.1 Å². The van der Waals surface area contributed by atoms with Gasteiger partial charge in [-0.1, -0.05) is 110 Å². The minimum atomic E-state index is 0.455. The quantitative estimate of drug-likeness (QED) is 0.303. The number of aryl methyl sites for hydroxylation is 1. The summed E-state index contributed by atoms with van der Waals surface area (Å²) in [5.41, 5.74) is 7.39. The van der Waals surface area contributed by atoms with E-state index in [1.165, 1.54) is 72.8 Å². The number of benzene rings is 2. The van der Waals surface area contributed by atoms with Crippen molar-refractivity contribution in [1.82, 2.24) is 4.90 Å². The molecule has 2 aromatic rings. The second-order valence-corrected chi connectivity index (χ2v) is 12.9. The third-order valence-electron chi connectivity index (χ3n) is 9.41. The van der Waals surface area contributed by atoms with Crippen molar-refractivity contribution in [2.24, 2.45) is 23.2 Å². The van der Waals surface area contributed by atoms with Gasteiger partial charge in [0.15, 0.2) is 0 Å². The largest absolute Gasteiger partial charge is 0.299 e. The van der Waals surface area contributed by atoms with Gasteiger partial charge in [0, 0.05) is 12.6 Å². The van der Waals surface area contributed by atoms with Crippen LogP contribution in [-0.4, -0.2) is 18.0 Å². The highest BCUT2D eigenvalue weighted by atomic mass is 15.1. The number of hydrogen-bond acceptors (Lipinski definition) is 1. The number of hydrogen-bond donors (Lipinski definition) is 0. The topological polar surface area (TPSA) is 3.24 Å². The highest BCUT2D eigenvalue weighted by Crippen LogP contribution is 2.51. The summed E-state index contributed by atoms with van der Waals surface area (Å²) in [4.78, 5) is 2.69. The highest BCUT2D eigenvalue weighted by Gasteiger charge is 2.44. The van der Waals surface area contributed by atoms with E-state index in [0.29, 0.717) is 17.4 Å². The summed E-state index contributed by atoms with van der Waals surface area (Å²) >= 11 is 0. The summed E-state index contributed by atoms with van der Waals surface area (Å²) in [6.07, 6.45) is 9.45. The van der Waals surface area contributed by atoms with Crippen molar-refractivity contribution in [2.45, 2.75) is 119 Å². The molecule has 1 fully saturated rings. The Labute approximate surface area is 224 Å². The molecule has 1 aliphatic carbocycles. The van der Waals surface area contributed by atoms with Crippen molar-refractivity contribution in [3.8, 4) is 11.1 Å². The second kappa shape index (κ2) is 12.8. The van der Waals surface area contributed by atoms with Gasteiger partial charge in [-0.25, -0.2) is 0 Å². The first-order chi connectivity index (χ1) is 17.1. The molecule has 0 bridgehead atoms.